The van der Waals surface area contributed by atoms with Crippen LogP contribution in [0, 0.1) is 5.41 Å². The summed E-state index contributed by atoms with van der Waals surface area (Å²) in [6.07, 6.45) is 0.430. The molecule has 2 unspecified atom stereocenters. The molecule has 0 amide bonds. The smallest absolute Gasteiger partial charge is 0.154 e. The van der Waals surface area contributed by atoms with Gasteiger partial charge in [-0.2, -0.15) is 0 Å². The minimum absolute atomic E-state index is 0.0403. The van der Waals surface area contributed by atoms with Crippen molar-refractivity contribution in [3.8, 4) is 0 Å². The van der Waals surface area contributed by atoms with Crippen LogP contribution < -0.4 is 5.73 Å². The summed E-state index contributed by atoms with van der Waals surface area (Å²) in [5, 5.41) is 1.90. The van der Waals surface area contributed by atoms with Crippen molar-refractivity contribution in [2.75, 3.05) is 0 Å². The predicted molar refractivity (Wildman–Crippen MR) is 61.2 cm³/mol. The van der Waals surface area contributed by atoms with E-state index in [4.69, 9.17) is 5.73 Å². The molecule has 4 heteroatoms. The zero-order valence-corrected chi connectivity index (χ0v) is 10.6. The summed E-state index contributed by atoms with van der Waals surface area (Å²) in [7, 11) is 0. The fraction of sp³-hybridized carbons (Fsp3) is 0.600. The number of hydrogen-bond donors (Lipinski definition) is 1. The van der Waals surface area contributed by atoms with Gasteiger partial charge in [0.2, 0.25) is 0 Å². The fourth-order valence-corrected chi connectivity index (χ4v) is 3.90. The standard InChI is InChI=1S/C10H13BrFNS/c1-9(2)7(13)5-10(9,12)8-6(11)3-4-14-8/h3-4,7H,5,13H2,1-2H3. The summed E-state index contributed by atoms with van der Waals surface area (Å²) in [6.45, 7) is 3.79. The van der Waals surface area contributed by atoms with Gasteiger partial charge in [-0.15, -0.1) is 11.3 Å². The number of rotatable bonds is 1. The van der Waals surface area contributed by atoms with Crippen LogP contribution in [0.2, 0.25) is 0 Å². The Morgan fingerprint density at radius 3 is 2.64 bits per heavy atom. The zero-order chi connectivity index (χ0) is 10.6. The molecule has 0 aliphatic heterocycles. The molecule has 78 valence electrons. The SMILES string of the molecule is CC1(C)C(N)CC1(F)c1sccc1Br. The van der Waals surface area contributed by atoms with E-state index in [-0.39, 0.29) is 6.04 Å². The molecule has 0 radical (unpaired) electrons. The highest BCUT2D eigenvalue weighted by atomic mass is 79.9. The molecule has 2 rings (SSSR count). The molecule has 1 aromatic heterocycles. The normalized spacial score (nSPS) is 35.4. The van der Waals surface area contributed by atoms with Crippen LogP contribution in [-0.2, 0) is 5.67 Å². The van der Waals surface area contributed by atoms with Crippen molar-refractivity contribution in [2.24, 2.45) is 11.1 Å². The Morgan fingerprint density at radius 2 is 2.29 bits per heavy atom. The second-order valence-electron chi connectivity index (χ2n) is 4.43. The van der Waals surface area contributed by atoms with E-state index in [1.165, 1.54) is 11.3 Å². The number of hydrogen-bond acceptors (Lipinski definition) is 2. The number of alkyl halides is 1. The minimum Gasteiger partial charge on any atom is -0.327 e. The van der Waals surface area contributed by atoms with Crippen LogP contribution in [0.3, 0.4) is 0 Å². The van der Waals surface area contributed by atoms with E-state index in [9.17, 15) is 4.39 Å². The first-order valence-electron chi connectivity index (χ1n) is 4.57. The van der Waals surface area contributed by atoms with E-state index in [1.807, 2.05) is 25.3 Å². The van der Waals surface area contributed by atoms with E-state index < -0.39 is 11.1 Å². The highest BCUT2D eigenvalue weighted by Gasteiger charge is 2.61. The van der Waals surface area contributed by atoms with E-state index in [0.29, 0.717) is 6.42 Å². The van der Waals surface area contributed by atoms with E-state index in [1.54, 1.807) is 0 Å². The molecule has 1 aliphatic carbocycles. The molecule has 2 atom stereocenters. The van der Waals surface area contributed by atoms with Crippen LogP contribution in [0.5, 0.6) is 0 Å². The lowest BCUT2D eigenvalue weighted by Crippen LogP contribution is -2.62. The highest BCUT2D eigenvalue weighted by Crippen LogP contribution is 2.60. The van der Waals surface area contributed by atoms with Gasteiger partial charge in [-0.3, -0.25) is 0 Å². The molecule has 14 heavy (non-hydrogen) atoms. The van der Waals surface area contributed by atoms with E-state index >= 15 is 0 Å². The number of nitrogens with two attached hydrogens (primary N) is 1. The van der Waals surface area contributed by atoms with Crippen molar-refractivity contribution in [2.45, 2.75) is 32.0 Å². The van der Waals surface area contributed by atoms with Crippen molar-refractivity contribution in [1.82, 2.24) is 0 Å². The van der Waals surface area contributed by atoms with Gasteiger partial charge < -0.3 is 5.73 Å². The van der Waals surface area contributed by atoms with Gasteiger partial charge in [0.15, 0.2) is 5.67 Å². The molecular formula is C10H13BrFNS. The van der Waals surface area contributed by atoms with Gasteiger partial charge in [0.05, 0.1) is 4.88 Å². The third kappa shape index (κ3) is 1.14. The van der Waals surface area contributed by atoms with Gasteiger partial charge in [-0.1, -0.05) is 13.8 Å². The summed E-state index contributed by atoms with van der Waals surface area (Å²) in [5.41, 5.74) is 4.13. The van der Waals surface area contributed by atoms with Crippen molar-refractivity contribution in [3.63, 3.8) is 0 Å². The van der Waals surface area contributed by atoms with Crippen LogP contribution in [0.1, 0.15) is 25.1 Å². The van der Waals surface area contributed by atoms with Crippen LogP contribution in [0.25, 0.3) is 0 Å². The third-order valence-corrected chi connectivity index (χ3v) is 5.40. The van der Waals surface area contributed by atoms with Crippen molar-refractivity contribution < 1.29 is 4.39 Å². The molecule has 0 aromatic carbocycles. The number of halogens is 2. The maximum Gasteiger partial charge on any atom is 0.154 e. The number of thiophene rings is 1. The average molecular weight is 278 g/mol. The Labute approximate surface area is 95.6 Å². The highest BCUT2D eigenvalue weighted by molar-refractivity contribution is 9.10. The maximum atomic E-state index is 14.7. The van der Waals surface area contributed by atoms with E-state index in [2.05, 4.69) is 15.9 Å². The van der Waals surface area contributed by atoms with Gasteiger partial charge in [0.25, 0.3) is 0 Å². The summed E-state index contributed by atoms with van der Waals surface area (Å²) >= 11 is 4.84. The summed E-state index contributed by atoms with van der Waals surface area (Å²) in [5.74, 6) is 0. The van der Waals surface area contributed by atoms with Gasteiger partial charge in [0, 0.05) is 22.4 Å². The average Bonchev–Trinajstić information content (AvgIpc) is 2.51. The Bertz CT molecular complexity index is 363. The largest absolute Gasteiger partial charge is 0.327 e. The fourth-order valence-electron chi connectivity index (χ4n) is 1.95. The lowest BCUT2D eigenvalue weighted by molar-refractivity contribution is -0.106. The topological polar surface area (TPSA) is 26.0 Å². The molecule has 1 saturated carbocycles. The van der Waals surface area contributed by atoms with E-state index in [0.717, 1.165) is 9.35 Å². The Hall–Kier alpha value is 0.0700. The van der Waals surface area contributed by atoms with Crippen molar-refractivity contribution >= 4 is 27.3 Å². The molecule has 0 bridgehead atoms. The molecular weight excluding hydrogens is 265 g/mol. The van der Waals surface area contributed by atoms with Crippen LogP contribution in [0.15, 0.2) is 15.9 Å². The van der Waals surface area contributed by atoms with Crippen molar-refractivity contribution in [3.05, 3.63) is 20.8 Å². The second-order valence-corrected chi connectivity index (χ2v) is 6.20. The zero-order valence-electron chi connectivity index (χ0n) is 8.18. The molecule has 1 nitrogen and oxygen atoms in total. The summed E-state index contributed by atoms with van der Waals surface area (Å²) in [6, 6.07) is 1.85. The van der Waals surface area contributed by atoms with Gasteiger partial charge >= 0.3 is 0 Å². The molecule has 0 saturated heterocycles. The quantitative estimate of drug-likeness (QED) is 0.836. The van der Waals surface area contributed by atoms with Gasteiger partial charge in [-0.05, 0) is 27.4 Å². The molecule has 1 fully saturated rings. The Morgan fingerprint density at radius 1 is 1.64 bits per heavy atom. The van der Waals surface area contributed by atoms with Crippen molar-refractivity contribution in [1.29, 1.82) is 0 Å². The third-order valence-electron chi connectivity index (χ3n) is 3.43. The lowest BCUT2D eigenvalue weighted by Gasteiger charge is -2.55. The molecule has 1 aromatic rings. The maximum absolute atomic E-state index is 14.7. The molecule has 2 N–H and O–H groups in total. The van der Waals surface area contributed by atoms with Crippen LogP contribution >= 0.6 is 27.3 Å². The lowest BCUT2D eigenvalue weighted by atomic mass is 9.56. The summed E-state index contributed by atoms with van der Waals surface area (Å²) in [4.78, 5) is 0.782. The minimum atomic E-state index is -1.25. The first-order chi connectivity index (χ1) is 6.39. The second kappa shape index (κ2) is 3.03. The molecule has 1 heterocycles. The van der Waals surface area contributed by atoms with Gasteiger partial charge in [-0.25, -0.2) is 4.39 Å². The first kappa shape index (κ1) is 10.6. The Kier molecular flexibility index (Phi) is 2.29. The van der Waals surface area contributed by atoms with Gasteiger partial charge in [0.1, 0.15) is 0 Å². The predicted octanol–water partition coefficient (Wildman–Crippen LogP) is 3.43. The van der Waals surface area contributed by atoms with Crippen LogP contribution in [-0.4, -0.2) is 6.04 Å². The summed E-state index contributed by atoms with van der Waals surface area (Å²) < 4.78 is 15.5. The molecule has 1 aliphatic rings. The first-order valence-corrected chi connectivity index (χ1v) is 6.25. The Balaban J connectivity index is 2.41. The monoisotopic (exact) mass is 277 g/mol. The van der Waals surface area contributed by atoms with Crippen LogP contribution in [0.4, 0.5) is 4.39 Å². The molecule has 0 spiro atoms.